The van der Waals surface area contributed by atoms with Crippen molar-refractivity contribution in [1.82, 2.24) is 9.97 Å². The van der Waals surface area contributed by atoms with Gasteiger partial charge in [-0.05, 0) is 38.1 Å². The Balaban J connectivity index is -0.000000343. The van der Waals surface area contributed by atoms with E-state index in [0.29, 0.717) is 0 Å². The van der Waals surface area contributed by atoms with Crippen molar-refractivity contribution in [2.24, 2.45) is 0 Å². The molecule has 0 aliphatic carbocycles. The minimum atomic E-state index is -1.08. The Morgan fingerprint density at radius 2 is 1.17 bits per heavy atom. The SMILES string of the molecule is CC(=O)[O-].CC(=O)[O-].O.[Cu+2].c1ccc(Nc2ccccn2)nc1. The summed E-state index contributed by atoms with van der Waals surface area (Å²) in [5.74, 6) is -0.553. The van der Waals surface area contributed by atoms with E-state index in [1.807, 2.05) is 36.4 Å². The number of hydrogen-bond donors (Lipinski definition) is 1. The summed E-state index contributed by atoms with van der Waals surface area (Å²) >= 11 is 0. The second-order valence-electron chi connectivity index (χ2n) is 3.54. The molecule has 0 aliphatic rings. The fourth-order valence-electron chi connectivity index (χ4n) is 1.00. The van der Waals surface area contributed by atoms with Crippen LogP contribution < -0.4 is 15.5 Å². The fraction of sp³-hybridized carbons (Fsp3) is 0.143. The molecule has 0 fully saturated rings. The van der Waals surface area contributed by atoms with Gasteiger partial charge in [0.25, 0.3) is 0 Å². The van der Waals surface area contributed by atoms with Crippen LogP contribution in [0.15, 0.2) is 48.8 Å². The number of aromatic nitrogens is 2. The van der Waals surface area contributed by atoms with E-state index in [2.05, 4.69) is 15.3 Å². The van der Waals surface area contributed by atoms with Crippen LogP contribution >= 0.6 is 0 Å². The predicted octanol–water partition coefficient (Wildman–Crippen LogP) is -1.09. The Morgan fingerprint density at radius 1 is 0.870 bits per heavy atom. The topological polar surface area (TPSA) is 150 Å². The van der Waals surface area contributed by atoms with Crippen LogP contribution in [0.1, 0.15) is 13.8 Å². The molecule has 2 rings (SSSR count). The van der Waals surface area contributed by atoms with Crippen molar-refractivity contribution in [3.05, 3.63) is 48.8 Å². The molecule has 0 unspecified atom stereocenters. The Hall–Kier alpha value is -2.48. The van der Waals surface area contributed by atoms with Crippen molar-refractivity contribution in [2.75, 3.05) is 5.32 Å². The first kappa shape index (κ1) is 25.5. The first-order chi connectivity index (χ1) is 9.91. The van der Waals surface area contributed by atoms with Crippen LogP contribution in [0.3, 0.4) is 0 Å². The van der Waals surface area contributed by atoms with Gasteiger partial charge in [0.2, 0.25) is 0 Å². The molecule has 0 atom stereocenters. The summed E-state index contributed by atoms with van der Waals surface area (Å²) in [4.78, 5) is 26.0. The molecular weight excluding hydrogens is 354 g/mol. The predicted molar refractivity (Wildman–Crippen MR) is 76.7 cm³/mol. The number of carboxylic acids is 2. The molecule has 0 spiro atoms. The van der Waals surface area contributed by atoms with E-state index in [1.54, 1.807) is 12.4 Å². The van der Waals surface area contributed by atoms with E-state index in [0.717, 1.165) is 25.5 Å². The molecule has 23 heavy (non-hydrogen) atoms. The van der Waals surface area contributed by atoms with Crippen LogP contribution in [0.5, 0.6) is 0 Å². The van der Waals surface area contributed by atoms with Crippen LogP contribution in [-0.2, 0) is 26.7 Å². The van der Waals surface area contributed by atoms with E-state index >= 15 is 0 Å². The largest absolute Gasteiger partial charge is 2.00 e. The summed E-state index contributed by atoms with van der Waals surface area (Å²) in [6.07, 6.45) is 3.48. The zero-order chi connectivity index (χ0) is 16.1. The maximum atomic E-state index is 8.89. The maximum Gasteiger partial charge on any atom is 2.00 e. The van der Waals surface area contributed by atoms with Crippen molar-refractivity contribution in [3.8, 4) is 0 Å². The van der Waals surface area contributed by atoms with Gasteiger partial charge in [-0.15, -0.1) is 0 Å². The van der Waals surface area contributed by atoms with Crippen LogP contribution in [-0.4, -0.2) is 27.4 Å². The summed E-state index contributed by atoms with van der Waals surface area (Å²) in [7, 11) is 0. The summed E-state index contributed by atoms with van der Waals surface area (Å²) in [5, 5.41) is 20.9. The first-order valence-electron chi connectivity index (χ1n) is 5.86. The molecule has 0 saturated heterocycles. The number of hydrogen-bond acceptors (Lipinski definition) is 7. The molecule has 3 N–H and O–H groups in total. The third-order valence-corrected chi connectivity index (χ3v) is 1.59. The van der Waals surface area contributed by atoms with E-state index in [9.17, 15) is 0 Å². The summed E-state index contributed by atoms with van der Waals surface area (Å²) < 4.78 is 0. The second kappa shape index (κ2) is 15.9. The molecule has 0 amide bonds. The quantitative estimate of drug-likeness (QED) is 0.659. The zero-order valence-electron chi connectivity index (χ0n) is 12.4. The van der Waals surface area contributed by atoms with Gasteiger partial charge in [0.1, 0.15) is 11.6 Å². The molecule has 2 aromatic heterocycles. The monoisotopic (exact) mass is 370 g/mol. The third kappa shape index (κ3) is 19.5. The Bertz CT molecular complexity index is 483. The van der Waals surface area contributed by atoms with Gasteiger partial charge in [0, 0.05) is 24.3 Å². The number of carbonyl (C=O) groups excluding carboxylic acids is 2. The molecule has 8 nitrogen and oxygen atoms in total. The van der Waals surface area contributed by atoms with Gasteiger partial charge in [-0.2, -0.15) is 0 Å². The number of nitrogens with zero attached hydrogens (tertiary/aromatic N) is 2. The molecule has 0 saturated carbocycles. The van der Waals surface area contributed by atoms with Gasteiger partial charge in [-0.1, -0.05) is 12.1 Å². The third-order valence-electron chi connectivity index (χ3n) is 1.59. The van der Waals surface area contributed by atoms with Gasteiger partial charge < -0.3 is 30.6 Å². The molecule has 9 heteroatoms. The Kier molecular flexibility index (Phi) is 17.6. The standard InChI is InChI=1S/C10H9N3.2C2H4O2.Cu.H2O/c1-3-7-11-9(5-1)13-10-6-2-4-8-12-10;2*1-2(3)4;;/h1-8H,(H,11,12,13);2*1H3,(H,3,4);;1H2/q;;;+2;/p-2. The van der Waals surface area contributed by atoms with Crippen LogP contribution in [0.2, 0.25) is 0 Å². The van der Waals surface area contributed by atoms with Crippen LogP contribution in [0.4, 0.5) is 11.6 Å². The van der Waals surface area contributed by atoms with Gasteiger partial charge >= 0.3 is 17.1 Å². The average Bonchev–Trinajstić information content (AvgIpc) is 2.40. The molecular formula is C14H17CuN3O5. The normalized spacial score (nSPS) is 7.57. The molecule has 129 valence electrons. The van der Waals surface area contributed by atoms with Crippen molar-refractivity contribution in [2.45, 2.75) is 13.8 Å². The summed E-state index contributed by atoms with van der Waals surface area (Å²) in [6, 6.07) is 11.4. The van der Waals surface area contributed by atoms with Gasteiger partial charge in [0.05, 0.1) is 0 Å². The number of pyridine rings is 2. The maximum absolute atomic E-state index is 8.89. The van der Waals surface area contributed by atoms with E-state index in [1.165, 1.54) is 0 Å². The van der Waals surface area contributed by atoms with Crippen molar-refractivity contribution >= 4 is 23.6 Å². The van der Waals surface area contributed by atoms with Crippen molar-refractivity contribution < 1.29 is 42.3 Å². The number of carbonyl (C=O) groups is 2. The first-order valence-corrected chi connectivity index (χ1v) is 5.86. The fourth-order valence-corrected chi connectivity index (χ4v) is 1.00. The number of anilines is 2. The number of carboxylic acid groups (broad SMARTS) is 2. The molecule has 2 heterocycles. The van der Waals surface area contributed by atoms with Gasteiger partial charge in [-0.3, -0.25) is 0 Å². The summed E-state index contributed by atoms with van der Waals surface area (Å²) in [5.41, 5.74) is 0. The zero-order valence-corrected chi connectivity index (χ0v) is 13.4. The van der Waals surface area contributed by atoms with Crippen molar-refractivity contribution in [3.63, 3.8) is 0 Å². The minimum Gasteiger partial charge on any atom is -0.550 e. The smallest absolute Gasteiger partial charge is 0.550 e. The van der Waals surface area contributed by atoms with Crippen LogP contribution in [0.25, 0.3) is 0 Å². The molecule has 0 aromatic carbocycles. The van der Waals surface area contributed by atoms with Crippen molar-refractivity contribution in [1.29, 1.82) is 0 Å². The number of nitrogens with one attached hydrogen (secondary N) is 1. The Labute approximate surface area is 144 Å². The molecule has 0 bridgehead atoms. The molecule has 0 aliphatic heterocycles. The Morgan fingerprint density at radius 3 is 1.39 bits per heavy atom. The van der Waals surface area contributed by atoms with Crippen LogP contribution in [0, 0.1) is 0 Å². The number of rotatable bonds is 2. The van der Waals surface area contributed by atoms with E-state index in [-0.39, 0.29) is 22.5 Å². The van der Waals surface area contributed by atoms with Gasteiger partial charge in [0.15, 0.2) is 0 Å². The number of aliphatic carboxylic acids is 2. The average molecular weight is 371 g/mol. The van der Waals surface area contributed by atoms with E-state index in [4.69, 9.17) is 19.8 Å². The molecule has 2 aromatic rings. The second-order valence-corrected chi connectivity index (χ2v) is 3.54. The molecule has 1 radical (unpaired) electrons. The summed E-state index contributed by atoms with van der Waals surface area (Å²) in [6.45, 7) is 1.94. The van der Waals surface area contributed by atoms with Gasteiger partial charge in [-0.25, -0.2) is 9.97 Å². The van der Waals surface area contributed by atoms with E-state index < -0.39 is 11.9 Å². The minimum absolute atomic E-state index is 0.